The number of piperidine rings is 1. The van der Waals surface area contributed by atoms with Crippen LogP contribution < -0.4 is 5.32 Å². The topological polar surface area (TPSA) is 15.3 Å². The molecular weight excluding hydrogens is 268 g/mol. The van der Waals surface area contributed by atoms with E-state index in [0.29, 0.717) is 0 Å². The van der Waals surface area contributed by atoms with Crippen LogP contribution in [-0.2, 0) is 0 Å². The van der Waals surface area contributed by atoms with E-state index >= 15 is 0 Å². The summed E-state index contributed by atoms with van der Waals surface area (Å²) < 4.78 is 0. The first kappa shape index (κ1) is 16.8. The van der Waals surface area contributed by atoms with Crippen molar-refractivity contribution in [1.82, 2.24) is 10.2 Å². The zero-order valence-corrected chi connectivity index (χ0v) is 14.9. The van der Waals surface area contributed by atoms with Crippen LogP contribution in [0.3, 0.4) is 0 Å². The van der Waals surface area contributed by atoms with Crippen molar-refractivity contribution in [3.05, 3.63) is 0 Å². The van der Waals surface area contributed by atoms with Gasteiger partial charge in [-0.3, -0.25) is 0 Å². The van der Waals surface area contributed by atoms with Gasteiger partial charge in [0.2, 0.25) is 0 Å². The Morgan fingerprint density at radius 3 is 2.23 bits per heavy atom. The third-order valence-electron chi connectivity index (χ3n) is 6.60. The maximum atomic E-state index is 3.97. The molecule has 1 saturated heterocycles. The molecule has 0 bridgehead atoms. The molecule has 2 saturated carbocycles. The predicted octanol–water partition coefficient (Wildman–Crippen LogP) is 4.45. The Morgan fingerprint density at radius 2 is 1.50 bits per heavy atom. The molecule has 2 atom stereocenters. The van der Waals surface area contributed by atoms with Gasteiger partial charge < -0.3 is 10.2 Å². The molecule has 2 unspecified atom stereocenters. The molecule has 0 aromatic rings. The van der Waals surface area contributed by atoms with E-state index in [2.05, 4.69) is 17.1 Å². The molecule has 1 N–H and O–H groups in total. The molecule has 2 heteroatoms. The summed E-state index contributed by atoms with van der Waals surface area (Å²) in [4.78, 5) is 2.81. The summed E-state index contributed by atoms with van der Waals surface area (Å²) in [5, 5.41) is 3.97. The number of likely N-dealkylation sites (tertiary alicyclic amines) is 1. The van der Waals surface area contributed by atoms with E-state index in [1.165, 1.54) is 96.8 Å². The first-order valence-electron chi connectivity index (χ1n) is 10.3. The zero-order chi connectivity index (χ0) is 15.2. The Labute approximate surface area is 138 Å². The van der Waals surface area contributed by atoms with Crippen LogP contribution in [0.25, 0.3) is 0 Å². The van der Waals surface area contributed by atoms with Gasteiger partial charge in [-0.1, -0.05) is 45.4 Å². The summed E-state index contributed by atoms with van der Waals surface area (Å²) in [6.45, 7) is 7.76. The van der Waals surface area contributed by atoms with Crippen molar-refractivity contribution in [2.24, 2.45) is 17.8 Å². The van der Waals surface area contributed by atoms with Crippen molar-refractivity contribution >= 4 is 0 Å². The van der Waals surface area contributed by atoms with Gasteiger partial charge in [-0.05, 0) is 56.4 Å². The molecule has 1 aliphatic heterocycles. The Kier molecular flexibility index (Phi) is 6.62. The van der Waals surface area contributed by atoms with Gasteiger partial charge >= 0.3 is 0 Å². The van der Waals surface area contributed by atoms with Gasteiger partial charge in [0.25, 0.3) is 0 Å². The molecule has 22 heavy (non-hydrogen) atoms. The largest absolute Gasteiger partial charge is 0.312 e. The Bertz CT molecular complexity index is 305. The second-order valence-electron chi connectivity index (χ2n) is 8.49. The lowest BCUT2D eigenvalue weighted by Crippen LogP contribution is -2.51. The molecule has 0 aromatic heterocycles. The quantitative estimate of drug-likeness (QED) is 0.780. The van der Waals surface area contributed by atoms with Crippen LogP contribution in [0, 0.1) is 17.8 Å². The molecule has 2 nitrogen and oxygen atoms in total. The maximum absolute atomic E-state index is 3.97. The molecule has 0 amide bonds. The number of hydrogen-bond acceptors (Lipinski definition) is 2. The number of rotatable bonds is 6. The maximum Gasteiger partial charge on any atom is 0.0198 e. The van der Waals surface area contributed by atoms with Crippen LogP contribution in [0.5, 0.6) is 0 Å². The van der Waals surface area contributed by atoms with E-state index in [0.717, 1.165) is 23.8 Å². The second-order valence-corrected chi connectivity index (χ2v) is 8.49. The van der Waals surface area contributed by atoms with Gasteiger partial charge in [-0.15, -0.1) is 0 Å². The Hall–Kier alpha value is -0.0800. The molecule has 0 aromatic carbocycles. The fraction of sp³-hybridized carbons (Fsp3) is 1.00. The van der Waals surface area contributed by atoms with E-state index in [1.54, 1.807) is 0 Å². The van der Waals surface area contributed by atoms with Crippen LogP contribution in [0.1, 0.15) is 77.6 Å². The zero-order valence-electron chi connectivity index (χ0n) is 14.9. The Morgan fingerprint density at radius 1 is 0.818 bits per heavy atom. The number of hydrogen-bond donors (Lipinski definition) is 1. The molecule has 0 radical (unpaired) electrons. The standard InChI is InChI=1S/C20H38N2/c1-2-17-12-20(21-13-18-8-4-3-5-9-18)16-22(14-17)15-19-10-6-7-11-19/h17-21H,2-16H2,1H3. The van der Waals surface area contributed by atoms with E-state index in [-0.39, 0.29) is 0 Å². The van der Waals surface area contributed by atoms with Gasteiger partial charge in [0.1, 0.15) is 0 Å². The van der Waals surface area contributed by atoms with E-state index in [4.69, 9.17) is 0 Å². The average molecular weight is 307 g/mol. The number of nitrogens with one attached hydrogen (secondary N) is 1. The van der Waals surface area contributed by atoms with Crippen molar-refractivity contribution in [2.45, 2.75) is 83.6 Å². The monoisotopic (exact) mass is 306 g/mol. The van der Waals surface area contributed by atoms with E-state index in [1.807, 2.05) is 0 Å². The van der Waals surface area contributed by atoms with Crippen LogP contribution in [0.2, 0.25) is 0 Å². The highest BCUT2D eigenvalue weighted by atomic mass is 15.2. The predicted molar refractivity (Wildman–Crippen MR) is 95.2 cm³/mol. The highest BCUT2D eigenvalue weighted by molar-refractivity contribution is 4.85. The molecule has 2 aliphatic carbocycles. The molecular formula is C20H38N2. The minimum absolute atomic E-state index is 0.766. The van der Waals surface area contributed by atoms with E-state index < -0.39 is 0 Å². The fourth-order valence-electron chi connectivity index (χ4n) is 5.18. The van der Waals surface area contributed by atoms with Gasteiger partial charge in [0.15, 0.2) is 0 Å². The van der Waals surface area contributed by atoms with E-state index in [9.17, 15) is 0 Å². The molecule has 128 valence electrons. The summed E-state index contributed by atoms with van der Waals surface area (Å²) in [7, 11) is 0. The van der Waals surface area contributed by atoms with Gasteiger partial charge in [0, 0.05) is 25.7 Å². The third kappa shape index (κ3) is 4.96. The third-order valence-corrected chi connectivity index (χ3v) is 6.60. The average Bonchev–Trinajstić information content (AvgIpc) is 3.06. The Balaban J connectivity index is 1.44. The smallest absolute Gasteiger partial charge is 0.0198 e. The normalized spacial score (nSPS) is 32.6. The number of nitrogens with zero attached hydrogens (tertiary/aromatic N) is 1. The summed E-state index contributed by atoms with van der Waals surface area (Å²) in [6.07, 6.45) is 16.1. The summed E-state index contributed by atoms with van der Waals surface area (Å²) in [5.74, 6) is 2.91. The summed E-state index contributed by atoms with van der Waals surface area (Å²) >= 11 is 0. The fourth-order valence-corrected chi connectivity index (χ4v) is 5.18. The van der Waals surface area contributed by atoms with Gasteiger partial charge in [-0.25, -0.2) is 0 Å². The summed E-state index contributed by atoms with van der Waals surface area (Å²) in [6, 6.07) is 0.766. The highest BCUT2D eigenvalue weighted by Gasteiger charge is 2.28. The molecule has 1 heterocycles. The first-order chi connectivity index (χ1) is 10.8. The van der Waals surface area contributed by atoms with Gasteiger partial charge in [-0.2, -0.15) is 0 Å². The van der Waals surface area contributed by atoms with Crippen molar-refractivity contribution < 1.29 is 0 Å². The molecule has 3 rings (SSSR count). The second kappa shape index (κ2) is 8.68. The lowest BCUT2D eigenvalue weighted by molar-refractivity contribution is 0.118. The molecule has 3 aliphatic rings. The lowest BCUT2D eigenvalue weighted by Gasteiger charge is -2.40. The van der Waals surface area contributed by atoms with Crippen LogP contribution in [-0.4, -0.2) is 37.1 Å². The van der Waals surface area contributed by atoms with Crippen molar-refractivity contribution in [3.63, 3.8) is 0 Å². The summed E-state index contributed by atoms with van der Waals surface area (Å²) in [5.41, 5.74) is 0. The SMILES string of the molecule is CCC1CC(NCC2CCCCC2)CN(CC2CCCC2)C1. The van der Waals surface area contributed by atoms with Gasteiger partial charge in [0.05, 0.1) is 0 Å². The lowest BCUT2D eigenvalue weighted by atomic mass is 9.88. The van der Waals surface area contributed by atoms with Crippen molar-refractivity contribution in [1.29, 1.82) is 0 Å². The van der Waals surface area contributed by atoms with Crippen molar-refractivity contribution in [2.75, 3.05) is 26.2 Å². The van der Waals surface area contributed by atoms with Crippen LogP contribution in [0.15, 0.2) is 0 Å². The van der Waals surface area contributed by atoms with Crippen LogP contribution >= 0.6 is 0 Å². The molecule has 0 spiro atoms. The van der Waals surface area contributed by atoms with Crippen LogP contribution in [0.4, 0.5) is 0 Å². The van der Waals surface area contributed by atoms with Crippen molar-refractivity contribution in [3.8, 4) is 0 Å². The minimum atomic E-state index is 0.766. The molecule has 3 fully saturated rings. The first-order valence-corrected chi connectivity index (χ1v) is 10.3. The highest BCUT2D eigenvalue weighted by Crippen LogP contribution is 2.28. The minimum Gasteiger partial charge on any atom is -0.312 e.